The van der Waals surface area contributed by atoms with E-state index in [2.05, 4.69) is 51.9 Å². The fourth-order valence-electron chi connectivity index (χ4n) is 2.93. The van der Waals surface area contributed by atoms with E-state index >= 15 is 0 Å². The van der Waals surface area contributed by atoms with Crippen molar-refractivity contribution in [3.63, 3.8) is 0 Å². The summed E-state index contributed by atoms with van der Waals surface area (Å²) in [6, 6.07) is 11.9. The fourth-order valence-corrected chi connectivity index (χ4v) is 4.73. The number of thiophene rings is 1. The molecule has 0 spiro atoms. The standard InChI is InChI=1S/C21H19N3O2S2/c1-13-5-7-15(8-6-13)16-10-27-20-19(16)21(23-12-22-20)28-11-18(25)24-14(2)17-4-3-9-26-17/h3-10,12,14H,11H2,1-2H3,(H,24,25)/t14-/m0/s1. The monoisotopic (exact) mass is 409 g/mol. The first-order chi connectivity index (χ1) is 13.6. The van der Waals surface area contributed by atoms with Crippen LogP contribution in [0.1, 0.15) is 24.3 Å². The third-order valence-electron chi connectivity index (χ3n) is 4.39. The van der Waals surface area contributed by atoms with E-state index in [-0.39, 0.29) is 17.7 Å². The molecule has 0 unspecified atom stereocenters. The first kappa shape index (κ1) is 18.7. The summed E-state index contributed by atoms with van der Waals surface area (Å²) in [5.74, 6) is 0.954. The highest BCUT2D eigenvalue weighted by molar-refractivity contribution is 8.00. The van der Waals surface area contributed by atoms with E-state index < -0.39 is 0 Å². The predicted octanol–water partition coefficient (Wildman–Crippen LogP) is 5.23. The zero-order chi connectivity index (χ0) is 19.5. The number of nitrogens with one attached hydrogen (secondary N) is 1. The lowest BCUT2D eigenvalue weighted by Gasteiger charge is -2.11. The van der Waals surface area contributed by atoms with Crippen molar-refractivity contribution in [2.24, 2.45) is 0 Å². The molecule has 1 amide bonds. The molecule has 0 bridgehead atoms. The van der Waals surface area contributed by atoms with Crippen LogP contribution in [0.4, 0.5) is 0 Å². The molecule has 3 aromatic heterocycles. The Kier molecular flexibility index (Phi) is 5.45. The number of carbonyl (C=O) groups is 1. The summed E-state index contributed by atoms with van der Waals surface area (Å²) in [5.41, 5.74) is 3.45. The molecule has 0 saturated heterocycles. The minimum Gasteiger partial charge on any atom is -0.467 e. The highest BCUT2D eigenvalue weighted by atomic mass is 32.2. The van der Waals surface area contributed by atoms with E-state index in [4.69, 9.17) is 4.42 Å². The van der Waals surface area contributed by atoms with Gasteiger partial charge in [-0.2, -0.15) is 0 Å². The van der Waals surface area contributed by atoms with Gasteiger partial charge in [0, 0.05) is 10.9 Å². The van der Waals surface area contributed by atoms with Crippen LogP contribution >= 0.6 is 23.1 Å². The minimum absolute atomic E-state index is 0.0622. The lowest BCUT2D eigenvalue weighted by molar-refractivity contribution is -0.119. The van der Waals surface area contributed by atoms with Gasteiger partial charge in [-0.3, -0.25) is 4.79 Å². The molecule has 3 heterocycles. The van der Waals surface area contributed by atoms with Gasteiger partial charge in [0.05, 0.1) is 23.4 Å². The van der Waals surface area contributed by atoms with Crippen LogP contribution in [0.5, 0.6) is 0 Å². The lowest BCUT2D eigenvalue weighted by Crippen LogP contribution is -2.27. The fraction of sp³-hybridized carbons (Fsp3) is 0.190. The summed E-state index contributed by atoms with van der Waals surface area (Å²) in [6.45, 7) is 3.97. The summed E-state index contributed by atoms with van der Waals surface area (Å²) >= 11 is 3.02. The van der Waals surface area contributed by atoms with Gasteiger partial charge in [0.15, 0.2) is 0 Å². The first-order valence-electron chi connectivity index (χ1n) is 8.86. The van der Waals surface area contributed by atoms with Gasteiger partial charge >= 0.3 is 0 Å². The van der Waals surface area contributed by atoms with Crippen molar-refractivity contribution < 1.29 is 9.21 Å². The molecule has 5 nitrogen and oxygen atoms in total. The molecule has 1 atom stereocenters. The molecule has 142 valence electrons. The molecule has 1 N–H and O–H groups in total. The van der Waals surface area contributed by atoms with Gasteiger partial charge in [0.2, 0.25) is 5.91 Å². The van der Waals surface area contributed by atoms with Crippen LogP contribution in [0.25, 0.3) is 21.3 Å². The Balaban J connectivity index is 1.53. The SMILES string of the molecule is Cc1ccc(-c2csc3ncnc(SCC(=O)N[C@@H](C)c4ccco4)c23)cc1. The third kappa shape index (κ3) is 3.95. The van der Waals surface area contributed by atoms with E-state index in [1.807, 2.05) is 19.1 Å². The van der Waals surface area contributed by atoms with Crippen LogP contribution in [0.3, 0.4) is 0 Å². The average Bonchev–Trinajstić information content (AvgIpc) is 3.37. The Morgan fingerprint density at radius 1 is 1.25 bits per heavy atom. The number of benzene rings is 1. The largest absolute Gasteiger partial charge is 0.467 e. The molecule has 4 aromatic rings. The second-order valence-electron chi connectivity index (χ2n) is 6.47. The number of furan rings is 1. The molecule has 0 aliphatic carbocycles. The minimum atomic E-state index is -0.169. The van der Waals surface area contributed by atoms with E-state index in [9.17, 15) is 4.79 Å². The molecule has 28 heavy (non-hydrogen) atoms. The van der Waals surface area contributed by atoms with Crippen LogP contribution in [0.15, 0.2) is 63.8 Å². The molecule has 7 heteroatoms. The number of rotatable bonds is 6. The Hall–Kier alpha value is -2.64. The zero-order valence-electron chi connectivity index (χ0n) is 15.5. The Bertz CT molecular complexity index is 1090. The van der Waals surface area contributed by atoms with Crippen molar-refractivity contribution in [1.82, 2.24) is 15.3 Å². The summed E-state index contributed by atoms with van der Waals surface area (Å²) in [6.07, 6.45) is 3.16. The van der Waals surface area contributed by atoms with Crippen LogP contribution in [0.2, 0.25) is 0 Å². The molecule has 0 radical (unpaired) electrons. The van der Waals surface area contributed by atoms with Crippen molar-refractivity contribution in [3.8, 4) is 11.1 Å². The van der Waals surface area contributed by atoms with Gasteiger partial charge < -0.3 is 9.73 Å². The lowest BCUT2D eigenvalue weighted by atomic mass is 10.1. The number of aromatic nitrogens is 2. The molecule has 4 rings (SSSR count). The molecular formula is C21H19N3O2S2. The molecule has 0 fully saturated rings. The number of hydrogen-bond acceptors (Lipinski definition) is 6. The number of amides is 1. The van der Waals surface area contributed by atoms with Crippen molar-refractivity contribution in [2.45, 2.75) is 24.9 Å². The van der Waals surface area contributed by atoms with Gasteiger partial charge in [-0.15, -0.1) is 11.3 Å². The number of fused-ring (bicyclic) bond motifs is 1. The summed E-state index contributed by atoms with van der Waals surface area (Å²) in [4.78, 5) is 22.1. The van der Waals surface area contributed by atoms with E-state index in [0.717, 1.165) is 32.1 Å². The van der Waals surface area contributed by atoms with Gasteiger partial charge in [-0.1, -0.05) is 41.6 Å². The second-order valence-corrected chi connectivity index (χ2v) is 8.29. The molecule has 0 aliphatic rings. The van der Waals surface area contributed by atoms with Gasteiger partial charge in [0.1, 0.15) is 21.9 Å². The van der Waals surface area contributed by atoms with Crippen molar-refractivity contribution >= 4 is 39.2 Å². The highest BCUT2D eigenvalue weighted by Crippen LogP contribution is 2.37. The maximum absolute atomic E-state index is 12.4. The second kappa shape index (κ2) is 8.16. The summed E-state index contributed by atoms with van der Waals surface area (Å²) in [7, 11) is 0. The summed E-state index contributed by atoms with van der Waals surface area (Å²) in [5, 5.41) is 6.89. The highest BCUT2D eigenvalue weighted by Gasteiger charge is 2.16. The Labute approximate surface area is 171 Å². The van der Waals surface area contributed by atoms with Crippen molar-refractivity contribution in [1.29, 1.82) is 0 Å². The predicted molar refractivity (Wildman–Crippen MR) is 114 cm³/mol. The van der Waals surface area contributed by atoms with Gasteiger partial charge in [-0.25, -0.2) is 9.97 Å². The molecule has 0 saturated carbocycles. The number of carbonyl (C=O) groups excluding carboxylic acids is 1. The first-order valence-corrected chi connectivity index (χ1v) is 10.7. The molecule has 0 aliphatic heterocycles. The number of thioether (sulfide) groups is 1. The third-order valence-corrected chi connectivity index (χ3v) is 6.26. The van der Waals surface area contributed by atoms with Crippen LogP contribution in [-0.4, -0.2) is 21.6 Å². The average molecular weight is 410 g/mol. The van der Waals surface area contributed by atoms with E-state index in [0.29, 0.717) is 0 Å². The molecular weight excluding hydrogens is 390 g/mol. The van der Waals surface area contributed by atoms with E-state index in [1.54, 1.807) is 23.9 Å². The normalized spacial score (nSPS) is 12.2. The summed E-state index contributed by atoms with van der Waals surface area (Å²) < 4.78 is 5.34. The van der Waals surface area contributed by atoms with E-state index in [1.165, 1.54) is 17.3 Å². The maximum Gasteiger partial charge on any atom is 0.230 e. The Morgan fingerprint density at radius 2 is 2.07 bits per heavy atom. The smallest absolute Gasteiger partial charge is 0.230 e. The van der Waals surface area contributed by atoms with Crippen molar-refractivity contribution in [2.75, 3.05) is 5.75 Å². The maximum atomic E-state index is 12.4. The van der Waals surface area contributed by atoms with Gasteiger partial charge in [-0.05, 0) is 31.5 Å². The van der Waals surface area contributed by atoms with Gasteiger partial charge in [0.25, 0.3) is 0 Å². The zero-order valence-corrected chi connectivity index (χ0v) is 17.1. The Morgan fingerprint density at radius 3 is 2.82 bits per heavy atom. The number of nitrogens with zero attached hydrogens (tertiary/aromatic N) is 2. The number of aryl methyl sites for hydroxylation is 1. The van der Waals surface area contributed by atoms with Crippen LogP contribution in [0, 0.1) is 6.92 Å². The van der Waals surface area contributed by atoms with Crippen LogP contribution in [-0.2, 0) is 4.79 Å². The van der Waals surface area contributed by atoms with Crippen LogP contribution < -0.4 is 5.32 Å². The number of hydrogen-bond donors (Lipinski definition) is 1. The quantitative estimate of drug-likeness (QED) is 0.349. The molecule has 1 aromatic carbocycles. The topological polar surface area (TPSA) is 68.0 Å². The van der Waals surface area contributed by atoms with Crippen molar-refractivity contribution in [3.05, 3.63) is 65.7 Å².